The fourth-order valence-corrected chi connectivity index (χ4v) is 1.43. The molecule has 0 saturated carbocycles. The average molecular weight is 218 g/mol. The maximum atomic E-state index is 4.88. The first-order valence-corrected chi connectivity index (χ1v) is 4.04. The Kier molecular flexibility index (Phi) is 2.70. The lowest BCUT2D eigenvalue weighted by atomic mass is 10.2. The molecular formula is C7H7BrOP-. The van der Waals surface area contributed by atoms with Gasteiger partial charge in [-0.2, -0.15) is 0 Å². The van der Waals surface area contributed by atoms with Gasteiger partial charge in [-0.05, 0) is 30.7 Å². The highest BCUT2D eigenvalue weighted by Crippen LogP contribution is 2.23. The average Bonchev–Trinajstić information content (AvgIpc) is 1.88. The SMILES string of the molecule is Cc1cc(Br)ccc1O[PH-]. The molecule has 0 fully saturated rings. The zero-order valence-electron chi connectivity index (χ0n) is 5.52. The van der Waals surface area contributed by atoms with Gasteiger partial charge in [-0.3, -0.25) is 0 Å². The van der Waals surface area contributed by atoms with Crippen LogP contribution in [-0.2, 0) is 0 Å². The van der Waals surface area contributed by atoms with E-state index in [1.165, 1.54) is 0 Å². The molecule has 0 saturated heterocycles. The molecule has 54 valence electrons. The van der Waals surface area contributed by atoms with Crippen LogP contribution < -0.4 is 4.52 Å². The Labute approximate surface area is 71.2 Å². The Morgan fingerprint density at radius 2 is 2.20 bits per heavy atom. The number of hydrogen-bond acceptors (Lipinski definition) is 1. The van der Waals surface area contributed by atoms with Gasteiger partial charge in [-0.25, -0.2) is 0 Å². The third-order valence-corrected chi connectivity index (χ3v) is 1.96. The number of halogens is 1. The van der Waals surface area contributed by atoms with Crippen molar-refractivity contribution in [3.63, 3.8) is 0 Å². The van der Waals surface area contributed by atoms with Crippen LogP contribution in [0.15, 0.2) is 22.7 Å². The van der Waals surface area contributed by atoms with Crippen LogP contribution in [-0.4, -0.2) is 0 Å². The summed E-state index contributed by atoms with van der Waals surface area (Å²) in [7, 11) is 2.96. The highest BCUT2D eigenvalue weighted by atomic mass is 79.9. The minimum atomic E-state index is 0.847. The minimum Gasteiger partial charge on any atom is -0.673 e. The van der Waals surface area contributed by atoms with E-state index in [-0.39, 0.29) is 0 Å². The Balaban J connectivity index is 3.07. The van der Waals surface area contributed by atoms with E-state index < -0.39 is 0 Å². The molecule has 0 aliphatic carbocycles. The molecule has 0 amide bonds. The van der Waals surface area contributed by atoms with Crippen LogP contribution in [0.25, 0.3) is 0 Å². The molecule has 0 aliphatic rings. The predicted octanol–water partition coefficient (Wildman–Crippen LogP) is 3.19. The van der Waals surface area contributed by atoms with Crippen LogP contribution in [0.1, 0.15) is 5.56 Å². The summed E-state index contributed by atoms with van der Waals surface area (Å²) in [5, 5.41) is 0. The lowest BCUT2D eigenvalue weighted by molar-refractivity contribution is 0.639. The van der Waals surface area contributed by atoms with E-state index in [1.54, 1.807) is 0 Å². The first-order valence-electron chi connectivity index (χ1n) is 2.84. The molecule has 1 rings (SSSR count). The van der Waals surface area contributed by atoms with Crippen molar-refractivity contribution < 1.29 is 4.52 Å². The van der Waals surface area contributed by atoms with Crippen molar-refractivity contribution in [1.29, 1.82) is 0 Å². The highest BCUT2D eigenvalue weighted by Gasteiger charge is 1.93. The zero-order chi connectivity index (χ0) is 7.56. The largest absolute Gasteiger partial charge is 0.673 e. The van der Waals surface area contributed by atoms with Crippen LogP contribution in [0.2, 0.25) is 0 Å². The lowest BCUT2D eigenvalue weighted by Crippen LogP contribution is -1.79. The summed E-state index contributed by atoms with van der Waals surface area (Å²) in [4.78, 5) is 0. The van der Waals surface area contributed by atoms with Crippen molar-refractivity contribution in [3.8, 4) is 5.75 Å². The molecule has 1 aromatic carbocycles. The van der Waals surface area contributed by atoms with E-state index in [2.05, 4.69) is 25.4 Å². The van der Waals surface area contributed by atoms with Crippen LogP contribution >= 0.6 is 25.4 Å². The van der Waals surface area contributed by atoms with Gasteiger partial charge in [-0.15, -0.1) is 0 Å². The molecule has 0 aliphatic heterocycles. The van der Waals surface area contributed by atoms with Gasteiger partial charge in [0.05, 0.1) is 5.75 Å². The monoisotopic (exact) mass is 217 g/mol. The van der Waals surface area contributed by atoms with Gasteiger partial charge in [-0.1, -0.05) is 15.9 Å². The minimum absolute atomic E-state index is 0.847. The third-order valence-electron chi connectivity index (χ3n) is 1.25. The summed E-state index contributed by atoms with van der Waals surface area (Å²) in [5.41, 5.74) is 1.10. The second kappa shape index (κ2) is 3.36. The Morgan fingerprint density at radius 3 is 2.70 bits per heavy atom. The smallest absolute Gasteiger partial charge is 0.0871 e. The number of rotatable bonds is 1. The first-order chi connectivity index (χ1) is 4.74. The van der Waals surface area contributed by atoms with Gasteiger partial charge in [0.1, 0.15) is 0 Å². The fraction of sp³-hybridized carbons (Fsp3) is 0.143. The van der Waals surface area contributed by atoms with Crippen molar-refractivity contribution in [2.24, 2.45) is 0 Å². The molecule has 10 heavy (non-hydrogen) atoms. The molecule has 1 aromatic rings. The molecule has 0 bridgehead atoms. The van der Waals surface area contributed by atoms with Crippen molar-refractivity contribution in [1.82, 2.24) is 0 Å². The topological polar surface area (TPSA) is 9.23 Å². The summed E-state index contributed by atoms with van der Waals surface area (Å²) in [6.07, 6.45) is 0. The molecule has 0 atom stereocenters. The third kappa shape index (κ3) is 1.71. The van der Waals surface area contributed by atoms with E-state index >= 15 is 0 Å². The van der Waals surface area contributed by atoms with Gasteiger partial charge < -0.3 is 14.0 Å². The molecule has 0 unspecified atom stereocenters. The van der Waals surface area contributed by atoms with Gasteiger partial charge in [0.15, 0.2) is 0 Å². The maximum absolute atomic E-state index is 4.88. The summed E-state index contributed by atoms with van der Waals surface area (Å²) in [5.74, 6) is 0.847. The van der Waals surface area contributed by atoms with E-state index in [9.17, 15) is 0 Å². The normalized spacial score (nSPS) is 9.50. The van der Waals surface area contributed by atoms with Gasteiger partial charge in [0, 0.05) is 4.47 Å². The molecule has 0 spiro atoms. The second-order valence-electron chi connectivity index (χ2n) is 2.01. The first kappa shape index (κ1) is 8.03. The number of hydrogen-bond donors (Lipinski definition) is 0. The Hall–Kier alpha value is -0.0700. The number of benzene rings is 1. The van der Waals surface area contributed by atoms with Crippen molar-refractivity contribution in [3.05, 3.63) is 28.2 Å². The molecular weight excluding hydrogens is 211 g/mol. The lowest BCUT2D eigenvalue weighted by Gasteiger charge is -2.11. The van der Waals surface area contributed by atoms with E-state index in [4.69, 9.17) is 4.52 Å². The molecule has 0 N–H and O–H groups in total. The standard InChI is InChI=1S/C7H7BrOP/c1-5-4-6(8)2-3-7(5)9-10/h2-4,10H,1H3/q-1. The molecule has 0 radical (unpaired) electrons. The van der Waals surface area contributed by atoms with Gasteiger partial charge >= 0.3 is 0 Å². The van der Waals surface area contributed by atoms with Crippen molar-refractivity contribution >= 4 is 25.4 Å². The van der Waals surface area contributed by atoms with E-state index in [1.807, 2.05) is 25.1 Å². The number of aryl methyl sites for hydroxylation is 1. The van der Waals surface area contributed by atoms with Crippen LogP contribution in [0.4, 0.5) is 0 Å². The molecule has 1 nitrogen and oxygen atoms in total. The summed E-state index contributed by atoms with van der Waals surface area (Å²) in [6, 6.07) is 5.82. The molecule has 0 aromatic heterocycles. The fourth-order valence-electron chi connectivity index (χ4n) is 0.727. The summed E-state index contributed by atoms with van der Waals surface area (Å²) < 4.78 is 5.95. The highest BCUT2D eigenvalue weighted by molar-refractivity contribution is 9.10. The molecule has 3 heteroatoms. The van der Waals surface area contributed by atoms with Crippen molar-refractivity contribution in [2.45, 2.75) is 6.92 Å². The predicted molar refractivity (Wildman–Crippen MR) is 47.8 cm³/mol. The zero-order valence-corrected chi connectivity index (χ0v) is 8.10. The van der Waals surface area contributed by atoms with Crippen molar-refractivity contribution in [2.75, 3.05) is 0 Å². The van der Waals surface area contributed by atoms with Crippen LogP contribution in [0, 0.1) is 6.92 Å². The maximum Gasteiger partial charge on any atom is 0.0871 e. The van der Waals surface area contributed by atoms with E-state index in [0.29, 0.717) is 0 Å². The van der Waals surface area contributed by atoms with Gasteiger partial charge in [0.25, 0.3) is 0 Å². The Morgan fingerprint density at radius 1 is 1.50 bits per heavy atom. The van der Waals surface area contributed by atoms with Crippen LogP contribution in [0.5, 0.6) is 5.75 Å². The summed E-state index contributed by atoms with van der Waals surface area (Å²) in [6.45, 7) is 1.99. The molecule has 0 heterocycles. The quantitative estimate of drug-likeness (QED) is 0.657. The van der Waals surface area contributed by atoms with E-state index in [0.717, 1.165) is 15.8 Å². The van der Waals surface area contributed by atoms with Crippen LogP contribution in [0.3, 0.4) is 0 Å². The van der Waals surface area contributed by atoms with Gasteiger partial charge in [0.2, 0.25) is 0 Å². The Bertz CT molecular complexity index is 237. The second-order valence-corrected chi connectivity index (χ2v) is 3.13. The summed E-state index contributed by atoms with van der Waals surface area (Å²) >= 11 is 3.35.